The van der Waals surface area contributed by atoms with Crippen molar-refractivity contribution in [3.05, 3.63) is 17.0 Å². The molecule has 0 aliphatic heterocycles. The van der Waals surface area contributed by atoms with Crippen molar-refractivity contribution in [2.75, 3.05) is 0 Å². The zero-order valence-corrected chi connectivity index (χ0v) is 11.3. The van der Waals surface area contributed by atoms with Crippen LogP contribution in [0.3, 0.4) is 0 Å². The third kappa shape index (κ3) is 2.75. The normalized spacial score (nSPS) is 24.6. The molecule has 1 heterocycles. The molecular formula is C9H15ClN2O2S2. The molecule has 1 aliphatic carbocycles. The SMILES string of the molecule is Cc1ccsc1S(=O)(=O)NC1CC(N)C1.Cl. The molecule has 16 heavy (non-hydrogen) atoms. The van der Waals surface area contributed by atoms with E-state index in [9.17, 15) is 8.42 Å². The molecule has 92 valence electrons. The Balaban J connectivity index is 0.00000128. The number of thiophene rings is 1. The fraction of sp³-hybridized carbons (Fsp3) is 0.556. The fourth-order valence-corrected chi connectivity index (χ4v) is 4.36. The Morgan fingerprint density at radius 1 is 1.50 bits per heavy atom. The monoisotopic (exact) mass is 282 g/mol. The van der Waals surface area contributed by atoms with Gasteiger partial charge in [0.25, 0.3) is 10.0 Å². The zero-order chi connectivity index (χ0) is 11.1. The van der Waals surface area contributed by atoms with Crippen LogP contribution in [-0.2, 0) is 10.0 Å². The van der Waals surface area contributed by atoms with Crippen LogP contribution in [0.5, 0.6) is 0 Å². The molecule has 0 aromatic carbocycles. The summed E-state index contributed by atoms with van der Waals surface area (Å²) in [5.41, 5.74) is 6.41. The van der Waals surface area contributed by atoms with Crippen molar-refractivity contribution in [2.45, 2.75) is 36.1 Å². The third-order valence-corrected chi connectivity index (χ3v) is 5.76. The van der Waals surface area contributed by atoms with E-state index in [1.54, 1.807) is 12.3 Å². The van der Waals surface area contributed by atoms with Gasteiger partial charge in [-0.25, -0.2) is 13.1 Å². The molecule has 4 nitrogen and oxygen atoms in total. The van der Waals surface area contributed by atoms with E-state index in [1.807, 2.05) is 6.07 Å². The molecule has 0 amide bonds. The minimum Gasteiger partial charge on any atom is -0.328 e. The second-order valence-corrected chi connectivity index (χ2v) is 6.77. The van der Waals surface area contributed by atoms with Crippen LogP contribution < -0.4 is 10.5 Å². The van der Waals surface area contributed by atoms with Gasteiger partial charge >= 0.3 is 0 Å². The second-order valence-electron chi connectivity index (χ2n) is 3.94. The Labute approximate surface area is 106 Å². The van der Waals surface area contributed by atoms with Crippen LogP contribution in [0.4, 0.5) is 0 Å². The van der Waals surface area contributed by atoms with Crippen LogP contribution in [0.1, 0.15) is 18.4 Å². The van der Waals surface area contributed by atoms with Gasteiger partial charge in [-0.05, 0) is 36.8 Å². The lowest BCUT2D eigenvalue weighted by atomic mass is 9.89. The molecule has 0 radical (unpaired) electrons. The lowest BCUT2D eigenvalue weighted by Crippen LogP contribution is -2.50. The first-order valence-electron chi connectivity index (χ1n) is 4.81. The molecule has 1 aromatic rings. The minimum absolute atomic E-state index is 0. The van der Waals surface area contributed by atoms with Crippen LogP contribution in [0.15, 0.2) is 15.7 Å². The van der Waals surface area contributed by atoms with Crippen LogP contribution in [0, 0.1) is 6.92 Å². The Morgan fingerprint density at radius 3 is 2.56 bits per heavy atom. The Kier molecular flexibility index (Phi) is 4.36. The molecular weight excluding hydrogens is 268 g/mol. The number of nitrogens with one attached hydrogen (secondary N) is 1. The first-order valence-corrected chi connectivity index (χ1v) is 7.17. The lowest BCUT2D eigenvalue weighted by Gasteiger charge is -2.32. The van der Waals surface area contributed by atoms with E-state index in [2.05, 4.69) is 4.72 Å². The minimum atomic E-state index is -3.32. The number of aryl methyl sites for hydroxylation is 1. The molecule has 1 aromatic heterocycles. The van der Waals surface area contributed by atoms with Gasteiger partial charge in [-0.3, -0.25) is 0 Å². The van der Waals surface area contributed by atoms with Gasteiger partial charge in [-0.15, -0.1) is 23.7 Å². The standard InChI is InChI=1S/C9H14N2O2S2.ClH/c1-6-2-3-14-9(6)15(12,13)11-8-4-7(10)5-8;/h2-3,7-8,11H,4-5,10H2,1H3;1H. The van der Waals surface area contributed by atoms with E-state index in [4.69, 9.17) is 5.73 Å². The molecule has 3 N–H and O–H groups in total. The molecule has 2 rings (SSSR count). The van der Waals surface area contributed by atoms with E-state index in [-0.39, 0.29) is 24.5 Å². The van der Waals surface area contributed by atoms with Gasteiger partial charge in [0.1, 0.15) is 4.21 Å². The highest BCUT2D eigenvalue weighted by Gasteiger charge is 2.31. The number of hydrogen-bond donors (Lipinski definition) is 2. The topological polar surface area (TPSA) is 72.2 Å². The summed E-state index contributed by atoms with van der Waals surface area (Å²) in [6.45, 7) is 1.80. The number of nitrogens with two attached hydrogens (primary N) is 1. The number of sulfonamides is 1. The van der Waals surface area contributed by atoms with E-state index < -0.39 is 10.0 Å². The van der Waals surface area contributed by atoms with Gasteiger partial charge in [0, 0.05) is 12.1 Å². The van der Waals surface area contributed by atoms with Gasteiger partial charge in [-0.1, -0.05) is 0 Å². The molecule has 0 unspecified atom stereocenters. The van der Waals surface area contributed by atoms with E-state index >= 15 is 0 Å². The number of rotatable bonds is 3. The molecule has 0 bridgehead atoms. The molecule has 0 saturated heterocycles. The van der Waals surface area contributed by atoms with Gasteiger partial charge in [0.15, 0.2) is 0 Å². The van der Waals surface area contributed by atoms with Crippen molar-refractivity contribution in [3.8, 4) is 0 Å². The van der Waals surface area contributed by atoms with Crippen molar-refractivity contribution in [1.29, 1.82) is 0 Å². The molecule has 0 spiro atoms. The Hall–Kier alpha value is -0.140. The van der Waals surface area contributed by atoms with Crippen LogP contribution in [0.25, 0.3) is 0 Å². The van der Waals surface area contributed by atoms with Crippen molar-refractivity contribution >= 4 is 33.8 Å². The zero-order valence-electron chi connectivity index (χ0n) is 8.84. The van der Waals surface area contributed by atoms with E-state index in [0.29, 0.717) is 4.21 Å². The molecule has 1 aliphatic rings. The van der Waals surface area contributed by atoms with Crippen molar-refractivity contribution in [3.63, 3.8) is 0 Å². The quantitative estimate of drug-likeness (QED) is 0.876. The number of halogens is 1. The van der Waals surface area contributed by atoms with Crippen LogP contribution >= 0.6 is 23.7 Å². The summed E-state index contributed by atoms with van der Waals surface area (Å²) in [5.74, 6) is 0. The lowest BCUT2D eigenvalue weighted by molar-refractivity contribution is 0.327. The molecule has 1 saturated carbocycles. The summed E-state index contributed by atoms with van der Waals surface area (Å²) in [6.07, 6.45) is 1.48. The van der Waals surface area contributed by atoms with Gasteiger partial charge in [0.2, 0.25) is 0 Å². The van der Waals surface area contributed by atoms with Gasteiger partial charge < -0.3 is 5.73 Å². The highest BCUT2D eigenvalue weighted by Crippen LogP contribution is 2.25. The molecule has 7 heteroatoms. The predicted octanol–water partition coefficient (Wildman–Crippen LogP) is 1.25. The number of hydrogen-bond acceptors (Lipinski definition) is 4. The van der Waals surface area contributed by atoms with Crippen molar-refractivity contribution in [1.82, 2.24) is 4.72 Å². The highest BCUT2D eigenvalue weighted by atomic mass is 35.5. The average Bonchev–Trinajstić information content (AvgIpc) is 2.48. The second kappa shape index (κ2) is 5.01. The summed E-state index contributed by atoms with van der Waals surface area (Å²) in [4.78, 5) is 0. The van der Waals surface area contributed by atoms with Crippen LogP contribution in [0.2, 0.25) is 0 Å². The first-order chi connectivity index (χ1) is 6.99. The summed E-state index contributed by atoms with van der Waals surface area (Å²) in [6, 6.07) is 1.99. The smallest absolute Gasteiger partial charge is 0.250 e. The predicted molar refractivity (Wildman–Crippen MR) is 67.6 cm³/mol. The summed E-state index contributed by atoms with van der Waals surface area (Å²) >= 11 is 1.25. The summed E-state index contributed by atoms with van der Waals surface area (Å²) in [7, 11) is -3.32. The third-order valence-electron chi connectivity index (χ3n) is 2.56. The van der Waals surface area contributed by atoms with Crippen molar-refractivity contribution in [2.24, 2.45) is 5.73 Å². The van der Waals surface area contributed by atoms with Crippen LogP contribution in [-0.4, -0.2) is 20.5 Å². The average molecular weight is 283 g/mol. The maximum atomic E-state index is 11.9. The summed E-state index contributed by atoms with van der Waals surface area (Å²) < 4.78 is 26.9. The maximum absolute atomic E-state index is 11.9. The van der Waals surface area contributed by atoms with Gasteiger partial charge in [0.05, 0.1) is 0 Å². The fourth-order valence-electron chi connectivity index (χ4n) is 1.67. The van der Waals surface area contributed by atoms with Gasteiger partial charge in [-0.2, -0.15) is 0 Å². The van der Waals surface area contributed by atoms with Crippen molar-refractivity contribution < 1.29 is 8.42 Å². The van der Waals surface area contributed by atoms with E-state index in [1.165, 1.54) is 11.3 Å². The maximum Gasteiger partial charge on any atom is 0.250 e. The Morgan fingerprint density at radius 2 is 2.12 bits per heavy atom. The molecule has 1 fully saturated rings. The first kappa shape index (κ1) is 13.9. The molecule has 0 atom stereocenters. The highest BCUT2D eigenvalue weighted by molar-refractivity contribution is 7.91. The largest absolute Gasteiger partial charge is 0.328 e. The summed E-state index contributed by atoms with van der Waals surface area (Å²) in [5, 5.41) is 1.79. The Bertz CT molecular complexity index is 452. The van der Waals surface area contributed by atoms with E-state index in [0.717, 1.165) is 18.4 Å².